The van der Waals surface area contributed by atoms with Crippen molar-refractivity contribution in [2.24, 2.45) is 0 Å². The Morgan fingerprint density at radius 1 is 1.60 bits per heavy atom. The number of hydrogen-bond donors (Lipinski definition) is 0. The van der Waals surface area contributed by atoms with Gasteiger partial charge < -0.3 is 4.74 Å². The minimum Gasteiger partial charge on any atom is -0.469 e. The number of hydrogen-bond acceptors (Lipinski definition) is 3. The summed E-state index contributed by atoms with van der Waals surface area (Å²) in [6, 6.07) is 5.44. The molecule has 0 bridgehead atoms. The summed E-state index contributed by atoms with van der Waals surface area (Å²) >= 11 is 5.96. The van der Waals surface area contributed by atoms with Gasteiger partial charge >= 0.3 is 5.97 Å². The number of methoxy groups -OCH3 is 1. The zero-order chi connectivity index (χ0) is 11.4. The molecule has 0 aliphatic carbocycles. The molecule has 15 heavy (non-hydrogen) atoms. The van der Waals surface area contributed by atoms with Crippen molar-refractivity contribution in [2.45, 2.75) is 13.3 Å². The second kappa shape index (κ2) is 4.81. The predicted octanol–water partition coefficient (Wildman–Crippen LogP) is 2.24. The van der Waals surface area contributed by atoms with Crippen molar-refractivity contribution in [1.29, 1.82) is 5.26 Å². The molecule has 0 aliphatic rings. The van der Waals surface area contributed by atoms with E-state index < -0.39 is 5.97 Å². The van der Waals surface area contributed by atoms with Crippen molar-refractivity contribution >= 4 is 17.6 Å². The number of nitrogens with zero attached hydrogens (tertiary/aromatic N) is 1. The van der Waals surface area contributed by atoms with Gasteiger partial charge in [0.2, 0.25) is 0 Å². The second-order valence-corrected chi connectivity index (χ2v) is 3.54. The van der Waals surface area contributed by atoms with Gasteiger partial charge in [-0.15, -0.1) is 0 Å². The molecule has 1 aromatic carbocycles. The van der Waals surface area contributed by atoms with E-state index >= 15 is 0 Å². The van der Waals surface area contributed by atoms with Crippen LogP contribution < -0.4 is 0 Å². The van der Waals surface area contributed by atoms with Gasteiger partial charge in [-0.25, -0.2) is 0 Å². The molecule has 0 unspecified atom stereocenters. The topological polar surface area (TPSA) is 50.1 Å². The van der Waals surface area contributed by atoms with Crippen LogP contribution in [0.5, 0.6) is 0 Å². The molecule has 0 saturated carbocycles. The average Bonchev–Trinajstić information content (AvgIpc) is 2.21. The number of esters is 1. The summed E-state index contributed by atoms with van der Waals surface area (Å²) in [5.74, 6) is -0.405. The Bertz CT molecular complexity index is 435. The molecule has 0 heterocycles. The lowest BCUT2D eigenvalue weighted by molar-refractivity contribution is -0.139. The molecule has 0 aromatic heterocycles. The van der Waals surface area contributed by atoms with E-state index in [2.05, 4.69) is 4.74 Å². The van der Waals surface area contributed by atoms with Crippen LogP contribution in [-0.4, -0.2) is 13.1 Å². The third kappa shape index (κ3) is 2.71. The molecule has 0 N–H and O–H groups in total. The molecule has 0 fully saturated rings. The van der Waals surface area contributed by atoms with Crippen molar-refractivity contribution in [1.82, 2.24) is 0 Å². The maximum Gasteiger partial charge on any atom is 0.310 e. The standard InChI is InChI=1S/C11H10ClNO2/c1-7-3-8(6-13)9(10(12)4-7)5-11(14)15-2/h3-4H,5H2,1-2H3. The third-order valence-electron chi connectivity index (χ3n) is 2.01. The van der Waals surface area contributed by atoms with E-state index in [9.17, 15) is 4.79 Å². The molecule has 0 atom stereocenters. The fourth-order valence-electron chi connectivity index (χ4n) is 1.27. The number of carbonyl (C=O) groups is 1. The normalized spacial score (nSPS) is 9.47. The van der Waals surface area contributed by atoms with E-state index in [1.54, 1.807) is 12.1 Å². The summed E-state index contributed by atoms with van der Waals surface area (Å²) in [5, 5.41) is 9.32. The number of rotatable bonds is 2. The molecule has 3 nitrogen and oxygen atoms in total. The van der Waals surface area contributed by atoms with Gasteiger partial charge in [-0.2, -0.15) is 5.26 Å². The van der Waals surface area contributed by atoms with Crippen molar-refractivity contribution in [3.63, 3.8) is 0 Å². The van der Waals surface area contributed by atoms with Gasteiger partial charge in [0.1, 0.15) is 0 Å². The lowest BCUT2D eigenvalue weighted by atomic mass is 10.0. The molecule has 0 aliphatic heterocycles. The van der Waals surface area contributed by atoms with Crippen molar-refractivity contribution in [3.05, 3.63) is 33.8 Å². The molecular weight excluding hydrogens is 214 g/mol. The minimum atomic E-state index is -0.405. The van der Waals surface area contributed by atoms with E-state index in [4.69, 9.17) is 16.9 Å². The summed E-state index contributed by atoms with van der Waals surface area (Å²) in [7, 11) is 1.30. The van der Waals surface area contributed by atoms with E-state index in [-0.39, 0.29) is 6.42 Å². The fourth-order valence-corrected chi connectivity index (χ4v) is 1.61. The minimum absolute atomic E-state index is 0.0263. The highest BCUT2D eigenvalue weighted by Gasteiger charge is 2.12. The predicted molar refractivity (Wildman–Crippen MR) is 56.6 cm³/mol. The zero-order valence-corrected chi connectivity index (χ0v) is 9.26. The number of benzene rings is 1. The summed E-state index contributed by atoms with van der Waals surface area (Å²) in [6.45, 7) is 1.84. The number of halogens is 1. The SMILES string of the molecule is COC(=O)Cc1c(Cl)cc(C)cc1C#N. The molecule has 0 amide bonds. The Labute approximate surface area is 93.2 Å². The highest BCUT2D eigenvalue weighted by Crippen LogP contribution is 2.22. The van der Waals surface area contributed by atoms with Crippen molar-refractivity contribution < 1.29 is 9.53 Å². The molecule has 0 radical (unpaired) electrons. The third-order valence-corrected chi connectivity index (χ3v) is 2.35. The maximum atomic E-state index is 11.1. The van der Waals surface area contributed by atoms with Crippen LogP contribution in [0.1, 0.15) is 16.7 Å². The lowest BCUT2D eigenvalue weighted by Crippen LogP contribution is -2.06. The van der Waals surface area contributed by atoms with Crippen LogP contribution in [0.4, 0.5) is 0 Å². The Morgan fingerprint density at radius 2 is 2.27 bits per heavy atom. The van der Waals surface area contributed by atoms with Crippen LogP contribution in [0.3, 0.4) is 0 Å². The van der Waals surface area contributed by atoms with E-state index in [1.807, 2.05) is 13.0 Å². The fraction of sp³-hybridized carbons (Fsp3) is 0.273. The number of nitriles is 1. The monoisotopic (exact) mass is 223 g/mol. The first-order valence-corrected chi connectivity index (χ1v) is 4.72. The largest absolute Gasteiger partial charge is 0.469 e. The van der Waals surface area contributed by atoms with Crippen LogP contribution in [0.15, 0.2) is 12.1 Å². The molecule has 78 valence electrons. The number of aryl methyl sites for hydroxylation is 1. The van der Waals surface area contributed by atoms with Gasteiger partial charge in [-0.1, -0.05) is 11.6 Å². The van der Waals surface area contributed by atoms with Gasteiger partial charge in [0.15, 0.2) is 0 Å². The summed E-state index contributed by atoms with van der Waals surface area (Å²) in [5.41, 5.74) is 1.84. The quantitative estimate of drug-likeness (QED) is 0.723. The van der Waals surface area contributed by atoms with E-state index in [0.717, 1.165) is 5.56 Å². The molecule has 0 spiro atoms. The van der Waals surface area contributed by atoms with E-state index in [0.29, 0.717) is 16.1 Å². The number of ether oxygens (including phenoxy) is 1. The van der Waals surface area contributed by atoms with Crippen LogP contribution in [-0.2, 0) is 16.0 Å². The van der Waals surface area contributed by atoms with Crippen molar-refractivity contribution in [3.8, 4) is 6.07 Å². The van der Waals surface area contributed by atoms with Crippen LogP contribution >= 0.6 is 11.6 Å². The van der Waals surface area contributed by atoms with Crippen LogP contribution in [0.25, 0.3) is 0 Å². The molecular formula is C11H10ClNO2. The molecule has 4 heteroatoms. The molecule has 0 saturated heterocycles. The first-order chi connectivity index (χ1) is 7.08. The zero-order valence-electron chi connectivity index (χ0n) is 8.50. The van der Waals surface area contributed by atoms with Crippen molar-refractivity contribution in [2.75, 3.05) is 7.11 Å². The maximum absolute atomic E-state index is 11.1. The lowest BCUT2D eigenvalue weighted by Gasteiger charge is -2.06. The Kier molecular flexibility index (Phi) is 3.70. The smallest absolute Gasteiger partial charge is 0.310 e. The first kappa shape index (κ1) is 11.5. The van der Waals surface area contributed by atoms with Gasteiger partial charge in [0, 0.05) is 5.02 Å². The van der Waals surface area contributed by atoms with Gasteiger partial charge in [-0.05, 0) is 30.2 Å². The van der Waals surface area contributed by atoms with Gasteiger partial charge in [0.05, 0.1) is 25.2 Å². The summed E-state index contributed by atoms with van der Waals surface area (Å²) in [4.78, 5) is 11.1. The average molecular weight is 224 g/mol. The highest BCUT2D eigenvalue weighted by atomic mass is 35.5. The summed E-state index contributed by atoms with van der Waals surface area (Å²) < 4.78 is 4.53. The summed E-state index contributed by atoms with van der Waals surface area (Å²) in [6.07, 6.45) is 0.0263. The van der Waals surface area contributed by atoms with Gasteiger partial charge in [-0.3, -0.25) is 4.79 Å². The van der Waals surface area contributed by atoms with Crippen LogP contribution in [0, 0.1) is 18.3 Å². The first-order valence-electron chi connectivity index (χ1n) is 4.34. The van der Waals surface area contributed by atoms with Gasteiger partial charge in [0.25, 0.3) is 0 Å². The highest BCUT2D eigenvalue weighted by molar-refractivity contribution is 6.31. The number of carbonyl (C=O) groups excluding carboxylic acids is 1. The molecule has 1 rings (SSSR count). The second-order valence-electron chi connectivity index (χ2n) is 3.14. The van der Waals surface area contributed by atoms with E-state index in [1.165, 1.54) is 7.11 Å². The Morgan fingerprint density at radius 3 is 2.80 bits per heavy atom. The molecule has 1 aromatic rings. The Balaban J connectivity index is 3.17. The van der Waals surface area contributed by atoms with Crippen LogP contribution in [0.2, 0.25) is 5.02 Å². The Hall–Kier alpha value is -1.53.